The molecule has 2 atom stereocenters. The summed E-state index contributed by atoms with van der Waals surface area (Å²) < 4.78 is 5.42. The van der Waals surface area contributed by atoms with E-state index in [9.17, 15) is 9.59 Å². The maximum Gasteiger partial charge on any atom is 0.246 e. The lowest BCUT2D eigenvalue weighted by atomic mass is 9.93. The maximum atomic E-state index is 12.3. The highest BCUT2D eigenvalue weighted by atomic mass is 16.8. The van der Waals surface area contributed by atoms with Crippen LogP contribution in [0.4, 0.5) is 0 Å². The molecule has 6 heteroatoms. The SMILES string of the molecule is CC(=O)N1C=Cc2ccccc2[C@@H]1CC(=O)NO[C@H]1CCCCO1. The zero-order valence-corrected chi connectivity index (χ0v) is 13.7. The van der Waals surface area contributed by atoms with Crippen LogP contribution < -0.4 is 5.48 Å². The van der Waals surface area contributed by atoms with Gasteiger partial charge in [-0.1, -0.05) is 24.3 Å². The zero-order chi connectivity index (χ0) is 16.9. The Morgan fingerprint density at radius 1 is 1.33 bits per heavy atom. The Kier molecular flexibility index (Phi) is 5.27. The number of carbonyl (C=O) groups excluding carboxylic acids is 2. The normalized spacial score (nSPS) is 22.8. The molecular formula is C18H22N2O4. The minimum atomic E-state index is -0.384. The molecule has 0 unspecified atom stereocenters. The molecule has 6 nitrogen and oxygen atoms in total. The highest BCUT2D eigenvalue weighted by Gasteiger charge is 2.28. The van der Waals surface area contributed by atoms with E-state index >= 15 is 0 Å². The number of benzene rings is 1. The third-order valence-electron chi connectivity index (χ3n) is 4.29. The molecular weight excluding hydrogens is 308 g/mol. The molecule has 24 heavy (non-hydrogen) atoms. The summed E-state index contributed by atoms with van der Waals surface area (Å²) in [5.74, 6) is -0.374. The van der Waals surface area contributed by atoms with Gasteiger partial charge in [-0.05, 0) is 30.0 Å². The van der Waals surface area contributed by atoms with Gasteiger partial charge in [-0.2, -0.15) is 0 Å². The van der Waals surface area contributed by atoms with Crippen molar-refractivity contribution in [1.82, 2.24) is 10.4 Å². The number of ether oxygens (including phenoxy) is 1. The summed E-state index contributed by atoms with van der Waals surface area (Å²) in [4.78, 5) is 31.1. The van der Waals surface area contributed by atoms with Crippen LogP contribution in [0.3, 0.4) is 0 Å². The second kappa shape index (κ2) is 7.59. The second-order valence-corrected chi connectivity index (χ2v) is 6.03. The summed E-state index contributed by atoms with van der Waals surface area (Å²) in [6, 6.07) is 7.43. The minimum absolute atomic E-state index is 0.102. The molecule has 2 aliphatic rings. The summed E-state index contributed by atoms with van der Waals surface area (Å²) >= 11 is 0. The van der Waals surface area contributed by atoms with Gasteiger partial charge in [0.2, 0.25) is 11.8 Å². The quantitative estimate of drug-likeness (QED) is 0.862. The lowest BCUT2D eigenvalue weighted by Crippen LogP contribution is -2.37. The van der Waals surface area contributed by atoms with E-state index in [2.05, 4.69) is 5.48 Å². The smallest absolute Gasteiger partial charge is 0.246 e. The lowest BCUT2D eigenvalue weighted by Gasteiger charge is -2.32. The second-order valence-electron chi connectivity index (χ2n) is 6.03. The van der Waals surface area contributed by atoms with E-state index in [1.807, 2.05) is 30.3 Å². The van der Waals surface area contributed by atoms with Gasteiger partial charge in [0.15, 0.2) is 6.29 Å². The fourth-order valence-corrected chi connectivity index (χ4v) is 3.07. The molecule has 2 amide bonds. The van der Waals surface area contributed by atoms with Gasteiger partial charge < -0.3 is 9.64 Å². The molecule has 1 aromatic rings. The first-order valence-corrected chi connectivity index (χ1v) is 8.27. The topological polar surface area (TPSA) is 67.9 Å². The maximum absolute atomic E-state index is 12.3. The van der Waals surface area contributed by atoms with E-state index in [1.54, 1.807) is 11.1 Å². The van der Waals surface area contributed by atoms with E-state index < -0.39 is 0 Å². The van der Waals surface area contributed by atoms with Gasteiger partial charge in [-0.15, -0.1) is 0 Å². The summed E-state index contributed by atoms with van der Waals surface area (Å²) in [6.45, 7) is 2.15. The van der Waals surface area contributed by atoms with Gasteiger partial charge in [-0.3, -0.25) is 9.59 Å². The van der Waals surface area contributed by atoms with Crippen LogP contribution in [0.5, 0.6) is 0 Å². The number of rotatable bonds is 4. The van der Waals surface area contributed by atoms with Crippen LogP contribution >= 0.6 is 0 Å². The molecule has 2 heterocycles. The summed E-state index contributed by atoms with van der Waals surface area (Å²) in [6.07, 6.45) is 6.19. The average Bonchev–Trinajstić information content (AvgIpc) is 2.61. The van der Waals surface area contributed by atoms with Crippen LogP contribution in [-0.4, -0.2) is 29.6 Å². The third kappa shape index (κ3) is 3.83. The Balaban J connectivity index is 1.65. The molecule has 0 aromatic heterocycles. The monoisotopic (exact) mass is 330 g/mol. The number of amides is 2. The molecule has 3 rings (SSSR count). The number of nitrogens with zero attached hydrogens (tertiary/aromatic N) is 1. The number of fused-ring (bicyclic) bond motifs is 1. The molecule has 2 aliphatic heterocycles. The van der Waals surface area contributed by atoms with Crippen molar-refractivity contribution in [1.29, 1.82) is 0 Å². The zero-order valence-electron chi connectivity index (χ0n) is 13.7. The fraction of sp³-hybridized carbons (Fsp3) is 0.444. The molecule has 0 aliphatic carbocycles. The van der Waals surface area contributed by atoms with Gasteiger partial charge in [0, 0.05) is 26.2 Å². The van der Waals surface area contributed by atoms with Crippen molar-refractivity contribution in [2.75, 3.05) is 6.61 Å². The lowest BCUT2D eigenvalue weighted by molar-refractivity contribution is -0.200. The Labute approximate surface area is 141 Å². The molecule has 0 spiro atoms. The number of carbonyl (C=O) groups is 2. The Bertz CT molecular complexity index is 638. The van der Waals surface area contributed by atoms with Crippen LogP contribution in [-0.2, 0) is 19.2 Å². The Hall–Kier alpha value is -2.18. The number of hydroxylamine groups is 1. The summed E-state index contributed by atoms with van der Waals surface area (Å²) in [7, 11) is 0. The number of nitrogens with one attached hydrogen (secondary N) is 1. The highest BCUT2D eigenvalue weighted by Crippen LogP contribution is 2.32. The summed E-state index contributed by atoms with van der Waals surface area (Å²) in [5, 5.41) is 0. The summed E-state index contributed by atoms with van der Waals surface area (Å²) in [5.41, 5.74) is 4.44. The van der Waals surface area contributed by atoms with Gasteiger partial charge in [0.05, 0.1) is 12.5 Å². The van der Waals surface area contributed by atoms with Crippen molar-refractivity contribution in [3.05, 3.63) is 41.6 Å². The molecule has 128 valence electrons. The predicted molar refractivity (Wildman–Crippen MR) is 88.2 cm³/mol. The number of hydrogen-bond donors (Lipinski definition) is 1. The molecule has 1 fully saturated rings. The molecule has 1 aromatic carbocycles. The van der Waals surface area contributed by atoms with Crippen molar-refractivity contribution in [3.8, 4) is 0 Å². The van der Waals surface area contributed by atoms with E-state index in [0.29, 0.717) is 6.61 Å². The molecule has 0 saturated carbocycles. The largest absolute Gasteiger partial charge is 0.350 e. The first kappa shape index (κ1) is 16.7. The van der Waals surface area contributed by atoms with E-state index in [1.165, 1.54) is 6.92 Å². The Morgan fingerprint density at radius 2 is 2.17 bits per heavy atom. The minimum Gasteiger partial charge on any atom is -0.350 e. The van der Waals surface area contributed by atoms with Crippen LogP contribution in [0, 0.1) is 0 Å². The fourth-order valence-electron chi connectivity index (χ4n) is 3.07. The predicted octanol–water partition coefficient (Wildman–Crippen LogP) is 2.53. The molecule has 1 saturated heterocycles. The van der Waals surface area contributed by atoms with Crippen molar-refractivity contribution in [2.24, 2.45) is 0 Å². The van der Waals surface area contributed by atoms with Crippen molar-refractivity contribution in [2.45, 2.75) is 44.9 Å². The van der Waals surface area contributed by atoms with Gasteiger partial charge in [0.25, 0.3) is 0 Å². The first-order chi connectivity index (χ1) is 11.6. The first-order valence-electron chi connectivity index (χ1n) is 8.27. The van der Waals surface area contributed by atoms with Crippen LogP contribution in [0.1, 0.15) is 49.8 Å². The molecule has 0 bridgehead atoms. The third-order valence-corrected chi connectivity index (χ3v) is 4.29. The van der Waals surface area contributed by atoms with Crippen LogP contribution in [0.2, 0.25) is 0 Å². The van der Waals surface area contributed by atoms with E-state index in [-0.39, 0.29) is 30.6 Å². The van der Waals surface area contributed by atoms with E-state index in [4.69, 9.17) is 9.57 Å². The van der Waals surface area contributed by atoms with Crippen molar-refractivity contribution < 1.29 is 19.2 Å². The van der Waals surface area contributed by atoms with Gasteiger partial charge in [-0.25, -0.2) is 10.3 Å². The molecule has 1 N–H and O–H groups in total. The standard InChI is InChI=1S/C18H22N2O4/c1-13(21)20-10-9-14-6-2-3-7-15(14)16(20)12-17(22)19-24-18-8-4-5-11-23-18/h2-3,6-7,9-10,16,18H,4-5,8,11-12H2,1H3,(H,19,22)/t16-,18-/m0/s1. The van der Waals surface area contributed by atoms with E-state index in [0.717, 1.165) is 30.4 Å². The van der Waals surface area contributed by atoms with Crippen molar-refractivity contribution >= 4 is 17.9 Å². The highest BCUT2D eigenvalue weighted by molar-refractivity contribution is 5.81. The van der Waals surface area contributed by atoms with Crippen LogP contribution in [0.15, 0.2) is 30.5 Å². The van der Waals surface area contributed by atoms with Gasteiger partial charge >= 0.3 is 0 Å². The van der Waals surface area contributed by atoms with Gasteiger partial charge in [0.1, 0.15) is 0 Å². The average molecular weight is 330 g/mol. The number of hydrogen-bond acceptors (Lipinski definition) is 4. The molecule has 0 radical (unpaired) electrons. The van der Waals surface area contributed by atoms with Crippen LogP contribution in [0.25, 0.3) is 6.08 Å². The van der Waals surface area contributed by atoms with Crippen molar-refractivity contribution in [3.63, 3.8) is 0 Å². The Morgan fingerprint density at radius 3 is 2.92 bits per heavy atom.